The summed E-state index contributed by atoms with van der Waals surface area (Å²) in [6, 6.07) is 7.55. The summed E-state index contributed by atoms with van der Waals surface area (Å²) in [5, 5.41) is 6.56. The fourth-order valence-electron chi connectivity index (χ4n) is 2.21. The lowest BCUT2D eigenvalue weighted by atomic mass is 10.1. The molecule has 0 amide bonds. The zero-order valence-corrected chi connectivity index (χ0v) is 15.7. The first-order valence-electron chi connectivity index (χ1n) is 8.44. The Hall–Kier alpha value is -1.60. The summed E-state index contributed by atoms with van der Waals surface area (Å²) in [7, 11) is -0.0448. The molecule has 0 saturated heterocycles. The molecule has 0 unspecified atom stereocenters. The molecule has 0 bridgehead atoms. The third-order valence-electron chi connectivity index (χ3n) is 3.70. The highest BCUT2D eigenvalue weighted by molar-refractivity contribution is 7.88. The smallest absolute Gasteiger partial charge is 0.215 e. The number of benzene rings is 1. The Kier molecular flexibility index (Phi) is 9.41. The van der Waals surface area contributed by atoms with Crippen LogP contribution in [-0.2, 0) is 22.3 Å². The summed E-state index contributed by atoms with van der Waals surface area (Å²) >= 11 is 0. The average Bonchev–Trinajstić information content (AvgIpc) is 2.58. The molecule has 1 aromatic carbocycles. The highest BCUT2D eigenvalue weighted by Gasteiger charge is 2.08. The van der Waals surface area contributed by atoms with Gasteiger partial charge >= 0.3 is 0 Å². The van der Waals surface area contributed by atoms with Gasteiger partial charge in [0.15, 0.2) is 5.96 Å². The van der Waals surface area contributed by atoms with Gasteiger partial charge in [-0.2, -0.15) is 0 Å². The molecule has 0 spiro atoms. The molecule has 1 rings (SSSR count). The second-order valence-corrected chi connectivity index (χ2v) is 7.62. The van der Waals surface area contributed by atoms with Crippen LogP contribution < -0.4 is 15.4 Å². The van der Waals surface area contributed by atoms with E-state index in [1.54, 1.807) is 7.05 Å². The molecule has 0 saturated carbocycles. The Labute approximate surface area is 146 Å². The van der Waals surface area contributed by atoms with Crippen molar-refractivity contribution in [1.82, 2.24) is 15.4 Å². The van der Waals surface area contributed by atoms with Crippen LogP contribution in [0.3, 0.4) is 0 Å². The molecule has 136 valence electrons. The van der Waals surface area contributed by atoms with Crippen molar-refractivity contribution in [2.75, 3.05) is 20.6 Å². The van der Waals surface area contributed by atoms with Crippen molar-refractivity contribution in [3.05, 3.63) is 35.4 Å². The molecule has 0 atom stereocenters. The summed E-state index contributed by atoms with van der Waals surface area (Å²) < 4.78 is 25.4. The predicted molar refractivity (Wildman–Crippen MR) is 100 cm³/mol. The number of aliphatic imine (C=N–C) groups is 1. The zero-order chi connectivity index (χ0) is 17.8. The van der Waals surface area contributed by atoms with Gasteiger partial charge < -0.3 is 10.6 Å². The van der Waals surface area contributed by atoms with E-state index >= 15 is 0 Å². The van der Waals surface area contributed by atoms with E-state index in [0.29, 0.717) is 6.54 Å². The molecular formula is C17H30N4O2S. The number of guanidine groups is 1. The number of nitrogens with one attached hydrogen (secondary N) is 3. The van der Waals surface area contributed by atoms with Gasteiger partial charge in [0.1, 0.15) is 0 Å². The Morgan fingerprint density at radius 1 is 1.04 bits per heavy atom. The number of nitrogens with zero attached hydrogens (tertiary/aromatic N) is 1. The van der Waals surface area contributed by atoms with Crippen LogP contribution in [0.1, 0.15) is 43.7 Å². The minimum Gasteiger partial charge on any atom is -0.356 e. The van der Waals surface area contributed by atoms with Crippen LogP contribution in [0.25, 0.3) is 0 Å². The van der Waals surface area contributed by atoms with E-state index in [1.165, 1.54) is 26.3 Å². The van der Waals surface area contributed by atoms with Crippen LogP contribution in [0.15, 0.2) is 29.3 Å². The molecule has 0 radical (unpaired) electrons. The topological polar surface area (TPSA) is 82.6 Å². The van der Waals surface area contributed by atoms with Crippen molar-refractivity contribution in [3.8, 4) is 0 Å². The highest BCUT2D eigenvalue weighted by Crippen LogP contribution is 2.07. The van der Waals surface area contributed by atoms with Crippen molar-refractivity contribution in [2.24, 2.45) is 4.99 Å². The molecule has 0 aliphatic carbocycles. The maximum absolute atomic E-state index is 11.5. The lowest BCUT2D eigenvalue weighted by molar-refractivity contribution is 0.587. The maximum atomic E-state index is 11.5. The maximum Gasteiger partial charge on any atom is 0.215 e. The van der Waals surface area contributed by atoms with Gasteiger partial charge in [0, 0.05) is 20.1 Å². The van der Waals surface area contributed by atoms with Crippen molar-refractivity contribution < 1.29 is 8.42 Å². The third kappa shape index (κ3) is 8.31. The molecular weight excluding hydrogens is 324 g/mol. The van der Waals surface area contributed by atoms with Gasteiger partial charge in [-0.15, -0.1) is 0 Å². The predicted octanol–water partition coefficient (Wildman–Crippen LogP) is 1.98. The molecule has 3 N–H and O–H groups in total. The van der Waals surface area contributed by atoms with Crippen LogP contribution in [0, 0.1) is 0 Å². The average molecular weight is 355 g/mol. The highest BCUT2D eigenvalue weighted by atomic mass is 32.2. The minimum absolute atomic E-state index is 0.00179. The fraction of sp³-hybridized carbons (Fsp3) is 0.588. The minimum atomic E-state index is -3.23. The van der Waals surface area contributed by atoms with Crippen LogP contribution >= 0.6 is 0 Å². The normalized spacial score (nSPS) is 12.2. The zero-order valence-electron chi connectivity index (χ0n) is 14.9. The second kappa shape index (κ2) is 11.0. The summed E-state index contributed by atoms with van der Waals surface area (Å²) in [4.78, 5) is 4.20. The van der Waals surface area contributed by atoms with Crippen LogP contribution in [0.4, 0.5) is 0 Å². The van der Waals surface area contributed by atoms with E-state index in [0.717, 1.165) is 30.1 Å². The number of unbranched alkanes of at least 4 members (excludes halogenated alkanes) is 3. The second-order valence-electron chi connectivity index (χ2n) is 5.69. The van der Waals surface area contributed by atoms with Gasteiger partial charge in [0.2, 0.25) is 10.0 Å². The van der Waals surface area contributed by atoms with Crippen LogP contribution in [0.2, 0.25) is 0 Å². The van der Waals surface area contributed by atoms with Crippen molar-refractivity contribution in [3.63, 3.8) is 0 Å². The first kappa shape index (κ1) is 20.4. The number of hydrogen-bond donors (Lipinski definition) is 3. The molecule has 7 heteroatoms. The van der Waals surface area contributed by atoms with E-state index in [9.17, 15) is 8.42 Å². The van der Waals surface area contributed by atoms with E-state index in [1.807, 2.05) is 24.3 Å². The van der Waals surface area contributed by atoms with Gasteiger partial charge in [-0.05, 0) is 24.6 Å². The summed E-state index contributed by atoms with van der Waals surface area (Å²) in [5.74, 6) is 0.784. The fourth-order valence-corrected chi connectivity index (χ4v) is 2.99. The first-order chi connectivity index (χ1) is 11.5. The van der Waals surface area contributed by atoms with Crippen molar-refractivity contribution in [1.29, 1.82) is 0 Å². The van der Waals surface area contributed by atoms with Crippen LogP contribution in [-0.4, -0.2) is 35.0 Å². The lowest BCUT2D eigenvalue weighted by Gasteiger charge is -2.12. The Bertz CT molecular complexity index is 598. The van der Waals surface area contributed by atoms with E-state index in [-0.39, 0.29) is 5.75 Å². The largest absolute Gasteiger partial charge is 0.356 e. The van der Waals surface area contributed by atoms with Gasteiger partial charge in [0.05, 0.1) is 5.75 Å². The van der Waals surface area contributed by atoms with Gasteiger partial charge in [-0.25, -0.2) is 13.1 Å². The van der Waals surface area contributed by atoms with Gasteiger partial charge in [-0.3, -0.25) is 4.99 Å². The monoisotopic (exact) mass is 354 g/mol. The summed E-state index contributed by atoms with van der Waals surface area (Å²) in [6.45, 7) is 3.77. The Morgan fingerprint density at radius 2 is 1.71 bits per heavy atom. The number of sulfonamides is 1. The molecule has 0 fully saturated rings. The standard InChI is InChI=1S/C17H30N4O2S/c1-4-5-6-7-12-20-17(18-2)21-13-15-8-10-16(11-9-15)14-24(22,23)19-3/h8-11,19H,4-7,12-14H2,1-3H3,(H2,18,20,21). The van der Waals surface area contributed by atoms with E-state index in [4.69, 9.17) is 0 Å². The number of hydrogen-bond acceptors (Lipinski definition) is 3. The molecule has 0 aliphatic rings. The molecule has 0 aromatic heterocycles. The molecule has 0 aliphatic heterocycles. The van der Waals surface area contributed by atoms with Gasteiger partial charge in [-0.1, -0.05) is 50.5 Å². The SMILES string of the molecule is CCCCCCNC(=NC)NCc1ccc(CS(=O)(=O)NC)cc1. The van der Waals surface area contributed by atoms with Crippen LogP contribution in [0.5, 0.6) is 0 Å². The molecule has 1 aromatic rings. The molecule has 6 nitrogen and oxygen atoms in total. The summed E-state index contributed by atoms with van der Waals surface area (Å²) in [6.07, 6.45) is 4.88. The first-order valence-corrected chi connectivity index (χ1v) is 10.1. The third-order valence-corrected chi connectivity index (χ3v) is 5.03. The van der Waals surface area contributed by atoms with Gasteiger partial charge in [0.25, 0.3) is 0 Å². The lowest BCUT2D eigenvalue weighted by Crippen LogP contribution is -2.37. The van der Waals surface area contributed by atoms with E-state index in [2.05, 4.69) is 27.3 Å². The molecule has 24 heavy (non-hydrogen) atoms. The van der Waals surface area contributed by atoms with Crippen molar-refractivity contribution in [2.45, 2.75) is 44.9 Å². The molecule has 0 heterocycles. The summed E-state index contributed by atoms with van der Waals surface area (Å²) in [5.41, 5.74) is 1.85. The Morgan fingerprint density at radius 3 is 2.29 bits per heavy atom. The number of rotatable bonds is 10. The van der Waals surface area contributed by atoms with Crippen molar-refractivity contribution >= 4 is 16.0 Å². The van der Waals surface area contributed by atoms with E-state index < -0.39 is 10.0 Å². The Balaban J connectivity index is 2.40. The quantitative estimate of drug-likeness (QED) is 0.341.